The number of carbonyl (C=O) groups is 2. The molecule has 1 fully saturated rings. The maximum atomic E-state index is 12.7. The molecule has 0 bridgehead atoms. The molecule has 1 aromatic rings. The van der Waals surface area contributed by atoms with Crippen molar-refractivity contribution in [1.82, 2.24) is 4.90 Å². The standard InChI is InChI=1S/C15H19NO4S/c1-8(2)14-16(11(7-21-14)15(19)20)13(18)10-6-4-5-9(3)12(10)17/h4-6,8,11,14,17H,7H2,1-3H3,(H,19,20). The fraction of sp³-hybridized carbons (Fsp3) is 0.467. The van der Waals surface area contributed by atoms with Crippen LogP contribution in [-0.2, 0) is 4.79 Å². The normalized spacial score (nSPS) is 21.8. The number of phenols is 1. The van der Waals surface area contributed by atoms with Gasteiger partial charge in [-0.05, 0) is 24.5 Å². The summed E-state index contributed by atoms with van der Waals surface area (Å²) >= 11 is 1.47. The van der Waals surface area contributed by atoms with Crippen molar-refractivity contribution in [2.24, 2.45) is 5.92 Å². The first-order chi connectivity index (χ1) is 9.84. The number of para-hydroxylation sites is 1. The average Bonchev–Trinajstić information content (AvgIpc) is 2.86. The first kappa shape index (κ1) is 15.7. The van der Waals surface area contributed by atoms with Gasteiger partial charge in [-0.25, -0.2) is 4.79 Å². The lowest BCUT2D eigenvalue weighted by Crippen LogP contribution is -2.47. The van der Waals surface area contributed by atoms with Gasteiger partial charge < -0.3 is 15.1 Å². The lowest BCUT2D eigenvalue weighted by Gasteiger charge is -2.30. The number of rotatable bonds is 3. The van der Waals surface area contributed by atoms with Crippen molar-refractivity contribution in [3.63, 3.8) is 0 Å². The molecule has 6 heteroatoms. The Hall–Kier alpha value is -1.69. The van der Waals surface area contributed by atoms with E-state index in [0.29, 0.717) is 11.3 Å². The summed E-state index contributed by atoms with van der Waals surface area (Å²) in [6.07, 6.45) is 0. The minimum atomic E-state index is -1.01. The van der Waals surface area contributed by atoms with E-state index in [-0.39, 0.29) is 22.6 Å². The molecule has 1 aromatic carbocycles. The number of thioether (sulfide) groups is 1. The first-order valence-electron chi connectivity index (χ1n) is 6.80. The van der Waals surface area contributed by atoms with E-state index in [4.69, 9.17) is 0 Å². The van der Waals surface area contributed by atoms with Crippen LogP contribution in [0.5, 0.6) is 5.75 Å². The molecular formula is C15H19NO4S. The molecule has 0 aromatic heterocycles. The smallest absolute Gasteiger partial charge is 0.327 e. The van der Waals surface area contributed by atoms with Gasteiger partial charge in [-0.3, -0.25) is 4.79 Å². The molecule has 0 aliphatic carbocycles. The molecule has 1 saturated heterocycles. The van der Waals surface area contributed by atoms with E-state index in [1.807, 2.05) is 13.8 Å². The molecule has 5 nitrogen and oxygen atoms in total. The molecule has 1 amide bonds. The third kappa shape index (κ3) is 2.85. The zero-order valence-corrected chi connectivity index (χ0v) is 13.1. The lowest BCUT2D eigenvalue weighted by molar-refractivity contribution is -0.141. The molecule has 21 heavy (non-hydrogen) atoms. The number of aryl methyl sites for hydroxylation is 1. The fourth-order valence-electron chi connectivity index (χ4n) is 2.46. The molecule has 0 spiro atoms. The van der Waals surface area contributed by atoms with E-state index in [0.717, 1.165) is 0 Å². The van der Waals surface area contributed by atoms with Crippen LogP contribution < -0.4 is 0 Å². The second-order valence-electron chi connectivity index (χ2n) is 5.51. The predicted octanol–water partition coefficient (Wildman–Crippen LogP) is 2.32. The van der Waals surface area contributed by atoms with Crippen LogP contribution in [0.1, 0.15) is 29.8 Å². The SMILES string of the molecule is Cc1cccc(C(=O)N2C(C(=O)O)CSC2C(C)C)c1O. The molecule has 2 unspecified atom stereocenters. The molecule has 2 N–H and O–H groups in total. The Bertz CT molecular complexity index is 573. The van der Waals surface area contributed by atoms with E-state index in [9.17, 15) is 19.8 Å². The van der Waals surface area contributed by atoms with E-state index >= 15 is 0 Å². The van der Waals surface area contributed by atoms with Gasteiger partial charge in [-0.2, -0.15) is 0 Å². The quantitative estimate of drug-likeness (QED) is 0.896. The molecule has 2 atom stereocenters. The predicted molar refractivity (Wildman–Crippen MR) is 81.5 cm³/mol. The van der Waals surface area contributed by atoms with Crippen LogP contribution in [0.15, 0.2) is 18.2 Å². The van der Waals surface area contributed by atoms with Gasteiger partial charge in [0.25, 0.3) is 5.91 Å². The van der Waals surface area contributed by atoms with Crippen LogP contribution in [-0.4, -0.2) is 44.2 Å². The second kappa shape index (κ2) is 5.97. The maximum absolute atomic E-state index is 12.7. The van der Waals surface area contributed by atoms with Gasteiger partial charge in [-0.15, -0.1) is 11.8 Å². The van der Waals surface area contributed by atoms with Crippen molar-refractivity contribution < 1.29 is 19.8 Å². The summed E-state index contributed by atoms with van der Waals surface area (Å²) in [7, 11) is 0. The number of carboxylic acid groups (broad SMARTS) is 1. The van der Waals surface area contributed by atoms with Gasteiger partial charge in [0.2, 0.25) is 0 Å². The third-order valence-electron chi connectivity index (χ3n) is 3.59. The Morgan fingerprint density at radius 1 is 1.38 bits per heavy atom. The lowest BCUT2D eigenvalue weighted by atomic mass is 10.1. The number of benzene rings is 1. The number of aromatic hydroxyl groups is 1. The minimum absolute atomic E-state index is 0.0777. The summed E-state index contributed by atoms with van der Waals surface area (Å²) in [5, 5.41) is 19.2. The number of carbonyl (C=O) groups excluding carboxylic acids is 1. The molecule has 1 aliphatic rings. The van der Waals surface area contributed by atoms with Crippen molar-refractivity contribution in [2.75, 3.05) is 5.75 Å². The number of hydrogen-bond acceptors (Lipinski definition) is 4. The monoisotopic (exact) mass is 309 g/mol. The number of carboxylic acids is 1. The average molecular weight is 309 g/mol. The number of nitrogens with zero attached hydrogens (tertiary/aromatic N) is 1. The number of aliphatic carboxylic acids is 1. The van der Waals surface area contributed by atoms with Crippen LogP contribution in [0.25, 0.3) is 0 Å². The summed E-state index contributed by atoms with van der Waals surface area (Å²) in [5.41, 5.74) is 0.759. The highest BCUT2D eigenvalue weighted by atomic mass is 32.2. The summed E-state index contributed by atoms with van der Waals surface area (Å²) in [5.74, 6) is -1.00. The van der Waals surface area contributed by atoms with Crippen LogP contribution in [0, 0.1) is 12.8 Å². The van der Waals surface area contributed by atoms with Crippen molar-refractivity contribution in [2.45, 2.75) is 32.2 Å². The van der Waals surface area contributed by atoms with Gasteiger partial charge in [0.15, 0.2) is 0 Å². The Kier molecular flexibility index (Phi) is 4.46. The largest absolute Gasteiger partial charge is 0.507 e. The molecule has 1 aliphatic heterocycles. The summed E-state index contributed by atoms with van der Waals surface area (Å²) in [6.45, 7) is 5.62. The summed E-state index contributed by atoms with van der Waals surface area (Å²) in [6, 6.07) is 4.07. The molecule has 0 radical (unpaired) electrons. The fourth-order valence-corrected chi connectivity index (χ4v) is 3.93. The van der Waals surface area contributed by atoms with Gasteiger partial charge >= 0.3 is 5.97 Å². The Balaban J connectivity index is 2.42. The maximum Gasteiger partial charge on any atom is 0.327 e. The van der Waals surface area contributed by atoms with Crippen LogP contribution in [0.4, 0.5) is 0 Å². The number of phenolic OH excluding ortho intramolecular Hbond substituents is 1. The summed E-state index contributed by atoms with van der Waals surface area (Å²) in [4.78, 5) is 25.5. The highest BCUT2D eigenvalue weighted by Gasteiger charge is 2.43. The molecule has 2 rings (SSSR count). The Morgan fingerprint density at radius 2 is 2.05 bits per heavy atom. The van der Waals surface area contributed by atoms with E-state index in [2.05, 4.69) is 0 Å². The zero-order valence-electron chi connectivity index (χ0n) is 12.2. The van der Waals surface area contributed by atoms with Gasteiger partial charge in [0.05, 0.1) is 10.9 Å². The summed E-state index contributed by atoms with van der Waals surface area (Å²) < 4.78 is 0. The topological polar surface area (TPSA) is 77.8 Å². The first-order valence-corrected chi connectivity index (χ1v) is 7.85. The molecule has 1 heterocycles. The molecule has 114 valence electrons. The number of amides is 1. The number of hydrogen-bond donors (Lipinski definition) is 2. The van der Waals surface area contributed by atoms with Crippen LogP contribution >= 0.6 is 11.8 Å². The van der Waals surface area contributed by atoms with E-state index < -0.39 is 17.9 Å². The van der Waals surface area contributed by atoms with Crippen LogP contribution in [0.2, 0.25) is 0 Å². The highest BCUT2D eigenvalue weighted by molar-refractivity contribution is 8.00. The third-order valence-corrected chi connectivity index (χ3v) is 5.21. The Morgan fingerprint density at radius 3 is 2.62 bits per heavy atom. The van der Waals surface area contributed by atoms with E-state index in [1.165, 1.54) is 22.7 Å². The van der Waals surface area contributed by atoms with Gasteiger partial charge in [0.1, 0.15) is 11.8 Å². The van der Waals surface area contributed by atoms with Crippen molar-refractivity contribution in [3.05, 3.63) is 29.3 Å². The van der Waals surface area contributed by atoms with E-state index in [1.54, 1.807) is 19.1 Å². The minimum Gasteiger partial charge on any atom is -0.507 e. The highest BCUT2D eigenvalue weighted by Crippen LogP contribution is 2.36. The van der Waals surface area contributed by atoms with Crippen molar-refractivity contribution in [1.29, 1.82) is 0 Å². The Labute approximate surface area is 128 Å². The van der Waals surface area contributed by atoms with Crippen molar-refractivity contribution >= 4 is 23.6 Å². The molecular weight excluding hydrogens is 290 g/mol. The second-order valence-corrected chi connectivity index (χ2v) is 6.66. The zero-order chi connectivity index (χ0) is 15.7. The van der Waals surface area contributed by atoms with Gasteiger partial charge in [0, 0.05) is 5.75 Å². The van der Waals surface area contributed by atoms with Crippen LogP contribution in [0.3, 0.4) is 0 Å². The van der Waals surface area contributed by atoms with Gasteiger partial charge in [-0.1, -0.05) is 26.0 Å². The van der Waals surface area contributed by atoms with Crippen molar-refractivity contribution in [3.8, 4) is 5.75 Å². The molecule has 0 saturated carbocycles.